The van der Waals surface area contributed by atoms with Crippen molar-refractivity contribution in [3.63, 3.8) is 0 Å². The van der Waals surface area contributed by atoms with Crippen molar-refractivity contribution < 1.29 is 9.47 Å². The summed E-state index contributed by atoms with van der Waals surface area (Å²) in [4.78, 5) is 0. The number of nitrogens with one attached hydrogen (secondary N) is 1. The molecule has 1 fully saturated rings. The van der Waals surface area contributed by atoms with E-state index in [2.05, 4.69) is 17.4 Å². The first-order valence-electron chi connectivity index (χ1n) is 6.80. The molecule has 100 valence electrons. The SMILES string of the molecule is COc1ccc(CCNCC2CCOCC2)cc1. The van der Waals surface area contributed by atoms with Crippen molar-refractivity contribution in [1.29, 1.82) is 0 Å². The predicted octanol–water partition coefficient (Wildman–Crippen LogP) is 2.25. The molecule has 0 radical (unpaired) electrons. The van der Waals surface area contributed by atoms with E-state index in [-0.39, 0.29) is 0 Å². The molecule has 1 aliphatic rings. The van der Waals surface area contributed by atoms with Crippen LogP contribution in [-0.4, -0.2) is 33.4 Å². The molecule has 0 unspecified atom stereocenters. The molecule has 0 aromatic heterocycles. The van der Waals surface area contributed by atoms with Crippen LogP contribution in [0.25, 0.3) is 0 Å². The van der Waals surface area contributed by atoms with Crippen LogP contribution in [0.4, 0.5) is 0 Å². The first-order chi connectivity index (χ1) is 8.88. The lowest BCUT2D eigenvalue weighted by Crippen LogP contribution is -2.29. The third kappa shape index (κ3) is 4.31. The topological polar surface area (TPSA) is 30.5 Å². The summed E-state index contributed by atoms with van der Waals surface area (Å²) < 4.78 is 10.5. The first-order valence-corrected chi connectivity index (χ1v) is 6.80. The Morgan fingerprint density at radius 1 is 1.22 bits per heavy atom. The van der Waals surface area contributed by atoms with Crippen LogP contribution in [0.15, 0.2) is 24.3 Å². The first kappa shape index (κ1) is 13.4. The van der Waals surface area contributed by atoms with Crippen molar-refractivity contribution in [3.05, 3.63) is 29.8 Å². The number of benzene rings is 1. The van der Waals surface area contributed by atoms with E-state index in [0.29, 0.717) is 0 Å². The molecule has 0 bridgehead atoms. The van der Waals surface area contributed by atoms with Crippen LogP contribution in [0.3, 0.4) is 0 Å². The van der Waals surface area contributed by atoms with Gasteiger partial charge in [0.1, 0.15) is 5.75 Å². The highest BCUT2D eigenvalue weighted by atomic mass is 16.5. The maximum absolute atomic E-state index is 5.36. The van der Waals surface area contributed by atoms with Gasteiger partial charge < -0.3 is 14.8 Å². The van der Waals surface area contributed by atoms with E-state index in [1.165, 1.54) is 18.4 Å². The number of hydrogen-bond acceptors (Lipinski definition) is 3. The normalized spacial score (nSPS) is 16.7. The fourth-order valence-corrected chi connectivity index (χ4v) is 2.28. The molecule has 1 aromatic rings. The Balaban J connectivity index is 1.62. The summed E-state index contributed by atoms with van der Waals surface area (Å²) in [5.41, 5.74) is 1.36. The van der Waals surface area contributed by atoms with Crippen LogP contribution in [0.1, 0.15) is 18.4 Å². The number of rotatable bonds is 6. The highest BCUT2D eigenvalue weighted by Crippen LogP contribution is 2.13. The summed E-state index contributed by atoms with van der Waals surface area (Å²) >= 11 is 0. The lowest BCUT2D eigenvalue weighted by atomic mass is 10.0. The Morgan fingerprint density at radius 3 is 2.61 bits per heavy atom. The molecule has 1 heterocycles. The summed E-state index contributed by atoms with van der Waals surface area (Å²) in [5, 5.41) is 3.55. The minimum absolute atomic E-state index is 0.801. The lowest BCUT2D eigenvalue weighted by molar-refractivity contribution is 0.0664. The fourth-order valence-electron chi connectivity index (χ4n) is 2.28. The second-order valence-corrected chi connectivity index (χ2v) is 4.86. The number of hydrogen-bond donors (Lipinski definition) is 1. The van der Waals surface area contributed by atoms with Crippen molar-refractivity contribution in [2.45, 2.75) is 19.3 Å². The highest BCUT2D eigenvalue weighted by molar-refractivity contribution is 5.27. The molecule has 0 atom stereocenters. The van der Waals surface area contributed by atoms with Gasteiger partial charge in [-0.15, -0.1) is 0 Å². The van der Waals surface area contributed by atoms with Gasteiger partial charge in [-0.25, -0.2) is 0 Å². The minimum atomic E-state index is 0.801. The maximum Gasteiger partial charge on any atom is 0.118 e. The van der Waals surface area contributed by atoms with Gasteiger partial charge >= 0.3 is 0 Å². The van der Waals surface area contributed by atoms with Crippen LogP contribution in [-0.2, 0) is 11.2 Å². The van der Waals surface area contributed by atoms with E-state index in [0.717, 1.165) is 44.4 Å². The second kappa shape index (κ2) is 7.39. The third-order valence-electron chi connectivity index (χ3n) is 3.52. The monoisotopic (exact) mass is 249 g/mol. The molecular formula is C15H23NO2. The van der Waals surface area contributed by atoms with Crippen molar-refractivity contribution in [3.8, 4) is 5.75 Å². The highest BCUT2D eigenvalue weighted by Gasteiger charge is 2.12. The van der Waals surface area contributed by atoms with Gasteiger partial charge in [-0.2, -0.15) is 0 Å². The fraction of sp³-hybridized carbons (Fsp3) is 0.600. The number of methoxy groups -OCH3 is 1. The van der Waals surface area contributed by atoms with E-state index in [1.54, 1.807) is 7.11 Å². The Hall–Kier alpha value is -1.06. The van der Waals surface area contributed by atoms with Crippen LogP contribution >= 0.6 is 0 Å². The summed E-state index contributed by atoms with van der Waals surface area (Å²) in [5.74, 6) is 1.73. The smallest absolute Gasteiger partial charge is 0.118 e. The quantitative estimate of drug-likeness (QED) is 0.784. The van der Waals surface area contributed by atoms with Gasteiger partial charge in [0.15, 0.2) is 0 Å². The van der Waals surface area contributed by atoms with E-state index < -0.39 is 0 Å². The Bertz CT molecular complexity index is 331. The van der Waals surface area contributed by atoms with Gasteiger partial charge in [-0.1, -0.05) is 12.1 Å². The van der Waals surface area contributed by atoms with Crippen molar-refractivity contribution in [2.75, 3.05) is 33.4 Å². The average molecular weight is 249 g/mol. The zero-order valence-corrected chi connectivity index (χ0v) is 11.2. The molecule has 1 N–H and O–H groups in total. The van der Waals surface area contributed by atoms with E-state index in [9.17, 15) is 0 Å². The molecule has 18 heavy (non-hydrogen) atoms. The molecule has 1 aromatic carbocycles. The van der Waals surface area contributed by atoms with Gasteiger partial charge in [-0.3, -0.25) is 0 Å². The van der Waals surface area contributed by atoms with E-state index in [4.69, 9.17) is 9.47 Å². The predicted molar refractivity (Wildman–Crippen MR) is 73.1 cm³/mol. The van der Waals surface area contributed by atoms with Crippen molar-refractivity contribution in [2.24, 2.45) is 5.92 Å². The van der Waals surface area contributed by atoms with Gasteiger partial charge in [-0.05, 0) is 56.0 Å². The third-order valence-corrected chi connectivity index (χ3v) is 3.52. The molecule has 0 saturated carbocycles. The average Bonchev–Trinajstić information content (AvgIpc) is 2.45. The van der Waals surface area contributed by atoms with Crippen LogP contribution < -0.4 is 10.1 Å². The molecule has 3 nitrogen and oxygen atoms in total. The maximum atomic E-state index is 5.36. The largest absolute Gasteiger partial charge is 0.497 e. The molecule has 3 heteroatoms. The summed E-state index contributed by atoms with van der Waals surface area (Å²) in [6.07, 6.45) is 3.48. The molecule has 1 saturated heterocycles. The Kier molecular flexibility index (Phi) is 5.49. The lowest BCUT2D eigenvalue weighted by Gasteiger charge is -2.22. The van der Waals surface area contributed by atoms with Gasteiger partial charge in [0.25, 0.3) is 0 Å². The van der Waals surface area contributed by atoms with Gasteiger partial charge in [0.2, 0.25) is 0 Å². The summed E-state index contributed by atoms with van der Waals surface area (Å²) in [7, 11) is 1.70. The molecule has 2 rings (SSSR count). The molecule has 0 spiro atoms. The van der Waals surface area contributed by atoms with Crippen LogP contribution in [0.5, 0.6) is 5.75 Å². The molecule has 1 aliphatic heterocycles. The van der Waals surface area contributed by atoms with Crippen molar-refractivity contribution in [1.82, 2.24) is 5.32 Å². The van der Waals surface area contributed by atoms with Gasteiger partial charge in [0.05, 0.1) is 7.11 Å². The standard InChI is InChI=1S/C15H23NO2/c1-17-15-4-2-13(3-5-15)6-9-16-12-14-7-10-18-11-8-14/h2-5,14,16H,6-12H2,1H3. The van der Waals surface area contributed by atoms with Crippen LogP contribution in [0.2, 0.25) is 0 Å². The molecule has 0 aliphatic carbocycles. The Labute approximate surface area is 109 Å². The van der Waals surface area contributed by atoms with Gasteiger partial charge in [0, 0.05) is 13.2 Å². The molecule has 0 amide bonds. The van der Waals surface area contributed by atoms with E-state index in [1.807, 2.05) is 12.1 Å². The second-order valence-electron chi connectivity index (χ2n) is 4.86. The summed E-state index contributed by atoms with van der Waals surface area (Å²) in [6.45, 7) is 4.04. The van der Waals surface area contributed by atoms with Crippen LogP contribution in [0, 0.1) is 5.92 Å². The van der Waals surface area contributed by atoms with Crippen molar-refractivity contribution >= 4 is 0 Å². The zero-order valence-electron chi connectivity index (χ0n) is 11.2. The number of ether oxygens (including phenoxy) is 2. The summed E-state index contributed by atoms with van der Waals surface area (Å²) in [6, 6.07) is 8.31. The zero-order chi connectivity index (χ0) is 12.6. The van der Waals surface area contributed by atoms with E-state index >= 15 is 0 Å². The Morgan fingerprint density at radius 2 is 1.94 bits per heavy atom. The minimum Gasteiger partial charge on any atom is -0.497 e. The molecular weight excluding hydrogens is 226 g/mol.